The summed E-state index contributed by atoms with van der Waals surface area (Å²) in [6, 6.07) is 1.93. The summed E-state index contributed by atoms with van der Waals surface area (Å²) in [6.07, 6.45) is 10.7. The number of aromatic nitrogens is 5. The number of allylic oxidation sites excluding steroid dienone is 2. The molecular weight excluding hydrogens is 306 g/mol. The maximum absolute atomic E-state index is 11.8. The van der Waals surface area contributed by atoms with Crippen molar-refractivity contribution >= 4 is 17.1 Å². The lowest BCUT2D eigenvalue weighted by Gasteiger charge is -2.10. The minimum atomic E-state index is -0.172. The fourth-order valence-corrected chi connectivity index (χ4v) is 3.11. The minimum Gasteiger partial charge on any atom is -0.469 e. The Bertz CT molecular complexity index is 953. The smallest absolute Gasteiger partial charge is 0.309 e. The first-order chi connectivity index (χ1) is 11.7. The Morgan fingerprint density at radius 1 is 1.33 bits per heavy atom. The van der Waals surface area contributed by atoms with E-state index in [0.29, 0.717) is 12.8 Å². The summed E-state index contributed by atoms with van der Waals surface area (Å²) in [5.41, 5.74) is 4.58. The van der Waals surface area contributed by atoms with Gasteiger partial charge in [-0.05, 0) is 24.5 Å². The lowest BCUT2D eigenvalue weighted by molar-refractivity contribution is -0.144. The van der Waals surface area contributed by atoms with E-state index in [-0.39, 0.29) is 11.9 Å². The highest BCUT2D eigenvalue weighted by Crippen LogP contribution is 2.34. The standard InChI is InChI=1S/C17H17N5O2/c1-21-9-13(8-19-21)14-10-22-15(5-6-18-22)16(20-14)11-3-4-12(7-11)17(23)24-2/h3,5-6,8-10,12H,4,7H2,1-2H3/t12-/m1/s1. The second kappa shape index (κ2) is 5.59. The second-order valence-electron chi connectivity index (χ2n) is 5.93. The average molecular weight is 323 g/mol. The van der Waals surface area contributed by atoms with Crippen molar-refractivity contribution in [2.45, 2.75) is 12.8 Å². The molecule has 0 amide bonds. The van der Waals surface area contributed by atoms with Gasteiger partial charge < -0.3 is 4.74 Å². The molecule has 0 fully saturated rings. The van der Waals surface area contributed by atoms with Crippen molar-refractivity contribution in [1.29, 1.82) is 0 Å². The van der Waals surface area contributed by atoms with Crippen LogP contribution in [0.25, 0.3) is 22.3 Å². The number of esters is 1. The van der Waals surface area contributed by atoms with E-state index >= 15 is 0 Å². The average Bonchev–Trinajstić information content (AvgIpc) is 3.32. The Labute approximate surface area is 138 Å². The number of fused-ring (bicyclic) bond motifs is 1. The van der Waals surface area contributed by atoms with Crippen molar-refractivity contribution in [1.82, 2.24) is 24.4 Å². The van der Waals surface area contributed by atoms with Crippen LogP contribution in [-0.2, 0) is 16.6 Å². The molecule has 1 atom stereocenters. The third-order valence-electron chi connectivity index (χ3n) is 4.34. The monoisotopic (exact) mass is 323 g/mol. The number of carbonyl (C=O) groups is 1. The van der Waals surface area contributed by atoms with Crippen molar-refractivity contribution in [2.75, 3.05) is 7.11 Å². The Morgan fingerprint density at radius 2 is 2.21 bits per heavy atom. The van der Waals surface area contributed by atoms with E-state index in [1.807, 2.05) is 30.0 Å². The van der Waals surface area contributed by atoms with Gasteiger partial charge in [0, 0.05) is 18.8 Å². The first-order valence-electron chi connectivity index (χ1n) is 7.76. The first kappa shape index (κ1) is 14.6. The molecule has 0 spiro atoms. The molecule has 0 aliphatic heterocycles. The molecule has 3 aromatic heterocycles. The van der Waals surface area contributed by atoms with E-state index in [4.69, 9.17) is 9.72 Å². The molecule has 7 heteroatoms. The molecule has 4 rings (SSSR count). The number of carbonyl (C=O) groups excluding carboxylic acids is 1. The highest BCUT2D eigenvalue weighted by atomic mass is 16.5. The number of nitrogens with zero attached hydrogens (tertiary/aromatic N) is 5. The molecule has 0 radical (unpaired) electrons. The van der Waals surface area contributed by atoms with Gasteiger partial charge in [0.1, 0.15) is 0 Å². The molecule has 0 aromatic carbocycles. The molecule has 3 aromatic rings. The van der Waals surface area contributed by atoms with Crippen LogP contribution < -0.4 is 0 Å². The Balaban J connectivity index is 1.78. The molecule has 1 aliphatic carbocycles. The summed E-state index contributed by atoms with van der Waals surface area (Å²) < 4.78 is 8.42. The van der Waals surface area contributed by atoms with Crippen LogP contribution in [0, 0.1) is 5.92 Å². The van der Waals surface area contributed by atoms with Crippen LogP contribution >= 0.6 is 0 Å². The molecule has 3 heterocycles. The predicted molar refractivity (Wildman–Crippen MR) is 87.9 cm³/mol. The van der Waals surface area contributed by atoms with Crippen molar-refractivity contribution in [3.05, 3.63) is 42.6 Å². The molecule has 122 valence electrons. The summed E-state index contributed by atoms with van der Waals surface area (Å²) in [4.78, 5) is 16.6. The van der Waals surface area contributed by atoms with Crippen LogP contribution in [0.4, 0.5) is 0 Å². The number of methoxy groups -OCH3 is 1. The van der Waals surface area contributed by atoms with E-state index in [1.165, 1.54) is 7.11 Å². The van der Waals surface area contributed by atoms with E-state index < -0.39 is 0 Å². The van der Waals surface area contributed by atoms with Gasteiger partial charge in [0.05, 0.1) is 48.5 Å². The van der Waals surface area contributed by atoms with Crippen LogP contribution in [0.1, 0.15) is 18.5 Å². The Hall–Kier alpha value is -2.96. The molecule has 0 saturated carbocycles. The lowest BCUT2D eigenvalue weighted by Crippen LogP contribution is -2.13. The minimum absolute atomic E-state index is 0.128. The van der Waals surface area contributed by atoms with Crippen LogP contribution in [0.5, 0.6) is 0 Å². The Morgan fingerprint density at radius 3 is 2.96 bits per heavy atom. The third kappa shape index (κ3) is 2.38. The molecule has 7 nitrogen and oxygen atoms in total. The second-order valence-corrected chi connectivity index (χ2v) is 5.93. The van der Waals surface area contributed by atoms with Gasteiger partial charge in [-0.25, -0.2) is 9.50 Å². The molecule has 0 unspecified atom stereocenters. The normalized spacial score (nSPS) is 17.2. The van der Waals surface area contributed by atoms with Gasteiger partial charge in [0.2, 0.25) is 0 Å². The number of ether oxygens (including phenoxy) is 1. The lowest BCUT2D eigenvalue weighted by atomic mass is 10.0. The van der Waals surface area contributed by atoms with Gasteiger partial charge in [0.15, 0.2) is 0 Å². The summed E-state index contributed by atoms with van der Waals surface area (Å²) in [7, 11) is 3.30. The summed E-state index contributed by atoms with van der Waals surface area (Å²) in [5, 5.41) is 8.55. The molecule has 0 N–H and O–H groups in total. The topological polar surface area (TPSA) is 74.3 Å². The van der Waals surface area contributed by atoms with Gasteiger partial charge in [-0.1, -0.05) is 6.08 Å². The fourth-order valence-electron chi connectivity index (χ4n) is 3.11. The van der Waals surface area contributed by atoms with Crippen molar-refractivity contribution in [2.24, 2.45) is 13.0 Å². The zero-order valence-electron chi connectivity index (χ0n) is 13.5. The van der Waals surface area contributed by atoms with Crippen LogP contribution in [0.3, 0.4) is 0 Å². The van der Waals surface area contributed by atoms with E-state index in [1.54, 1.807) is 17.1 Å². The highest BCUT2D eigenvalue weighted by molar-refractivity contribution is 5.83. The van der Waals surface area contributed by atoms with Crippen LogP contribution in [0.2, 0.25) is 0 Å². The summed E-state index contributed by atoms with van der Waals surface area (Å²) >= 11 is 0. The fraction of sp³-hybridized carbons (Fsp3) is 0.294. The highest BCUT2D eigenvalue weighted by Gasteiger charge is 2.27. The van der Waals surface area contributed by atoms with Crippen molar-refractivity contribution < 1.29 is 9.53 Å². The van der Waals surface area contributed by atoms with Crippen molar-refractivity contribution in [3.63, 3.8) is 0 Å². The van der Waals surface area contributed by atoms with Gasteiger partial charge in [-0.2, -0.15) is 10.2 Å². The third-order valence-corrected chi connectivity index (χ3v) is 4.34. The predicted octanol–water partition coefficient (Wildman–Crippen LogP) is 2.10. The maximum atomic E-state index is 11.8. The SMILES string of the molecule is COC(=O)[C@@H]1CC=C(c2nc(-c3cnn(C)c3)cn3nccc23)C1. The number of hydrogen-bond acceptors (Lipinski definition) is 5. The van der Waals surface area contributed by atoms with Crippen molar-refractivity contribution in [3.8, 4) is 11.3 Å². The zero-order chi connectivity index (χ0) is 16.7. The van der Waals surface area contributed by atoms with Crippen LogP contribution in [-0.4, -0.2) is 37.5 Å². The van der Waals surface area contributed by atoms with Gasteiger partial charge in [-0.15, -0.1) is 0 Å². The van der Waals surface area contributed by atoms with E-state index in [9.17, 15) is 4.79 Å². The van der Waals surface area contributed by atoms with Gasteiger partial charge >= 0.3 is 5.97 Å². The van der Waals surface area contributed by atoms with E-state index in [2.05, 4.69) is 16.3 Å². The molecule has 24 heavy (non-hydrogen) atoms. The first-order valence-corrected chi connectivity index (χ1v) is 7.76. The number of rotatable bonds is 3. The number of hydrogen-bond donors (Lipinski definition) is 0. The molecule has 0 bridgehead atoms. The quantitative estimate of drug-likeness (QED) is 0.690. The molecular formula is C17H17N5O2. The largest absolute Gasteiger partial charge is 0.469 e. The Kier molecular flexibility index (Phi) is 3.41. The van der Waals surface area contributed by atoms with Crippen LogP contribution in [0.15, 0.2) is 36.9 Å². The maximum Gasteiger partial charge on any atom is 0.309 e. The molecule has 1 aliphatic rings. The number of aryl methyl sites for hydroxylation is 1. The zero-order valence-corrected chi connectivity index (χ0v) is 13.5. The summed E-state index contributed by atoms with van der Waals surface area (Å²) in [6.45, 7) is 0. The molecule has 0 saturated heterocycles. The summed E-state index contributed by atoms with van der Waals surface area (Å²) in [5.74, 6) is -0.300. The van der Waals surface area contributed by atoms with Gasteiger partial charge in [-0.3, -0.25) is 9.48 Å². The van der Waals surface area contributed by atoms with Gasteiger partial charge in [0.25, 0.3) is 0 Å². The van der Waals surface area contributed by atoms with E-state index in [0.717, 1.165) is 28.0 Å².